The molecule has 16 heavy (non-hydrogen) atoms. The van der Waals surface area contributed by atoms with E-state index >= 15 is 0 Å². The van der Waals surface area contributed by atoms with Crippen LogP contribution in [0, 0.1) is 6.92 Å². The number of aryl methyl sites for hydroxylation is 1. The van der Waals surface area contributed by atoms with Gasteiger partial charge in [-0.3, -0.25) is 0 Å². The molecule has 1 N–H and O–H groups in total. The van der Waals surface area contributed by atoms with Crippen LogP contribution < -0.4 is 10.2 Å². The van der Waals surface area contributed by atoms with Crippen molar-refractivity contribution in [2.45, 2.75) is 25.7 Å². The van der Waals surface area contributed by atoms with Crippen molar-refractivity contribution in [3.63, 3.8) is 0 Å². The van der Waals surface area contributed by atoms with E-state index in [4.69, 9.17) is 0 Å². The SMILES string of the molecule is CNCCCC1CN(C)c2cccc(C)c21. The van der Waals surface area contributed by atoms with Crippen molar-refractivity contribution < 1.29 is 0 Å². The Morgan fingerprint density at radius 2 is 2.25 bits per heavy atom. The zero-order valence-corrected chi connectivity index (χ0v) is 10.6. The summed E-state index contributed by atoms with van der Waals surface area (Å²) in [6.07, 6.45) is 2.56. The van der Waals surface area contributed by atoms with Crippen molar-refractivity contribution in [2.24, 2.45) is 0 Å². The van der Waals surface area contributed by atoms with Crippen LogP contribution in [0.25, 0.3) is 0 Å². The number of anilines is 1. The van der Waals surface area contributed by atoms with Gasteiger partial charge in [0.05, 0.1) is 0 Å². The maximum Gasteiger partial charge on any atom is 0.0402 e. The Bertz CT molecular complexity index is 360. The van der Waals surface area contributed by atoms with Gasteiger partial charge in [0, 0.05) is 25.2 Å². The van der Waals surface area contributed by atoms with Gasteiger partial charge in [0.25, 0.3) is 0 Å². The van der Waals surface area contributed by atoms with Gasteiger partial charge in [-0.15, -0.1) is 0 Å². The molecule has 1 aliphatic rings. The van der Waals surface area contributed by atoms with Gasteiger partial charge in [0.2, 0.25) is 0 Å². The van der Waals surface area contributed by atoms with Gasteiger partial charge in [0.1, 0.15) is 0 Å². The maximum atomic E-state index is 3.23. The Labute approximate surface area is 98.7 Å². The third kappa shape index (κ3) is 2.07. The summed E-state index contributed by atoms with van der Waals surface area (Å²) in [5, 5.41) is 3.23. The fraction of sp³-hybridized carbons (Fsp3) is 0.571. The number of hydrogen-bond acceptors (Lipinski definition) is 2. The lowest BCUT2D eigenvalue weighted by molar-refractivity contribution is 0.592. The van der Waals surface area contributed by atoms with E-state index < -0.39 is 0 Å². The Morgan fingerprint density at radius 1 is 1.44 bits per heavy atom. The molecular formula is C14H22N2. The number of hydrogen-bond donors (Lipinski definition) is 1. The number of likely N-dealkylation sites (N-methyl/N-ethyl adjacent to an activating group) is 1. The molecule has 0 saturated carbocycles. The van der Waals surface area contributed by atoms with Gasteiger partial charge in [-0.05, 0) is 50.6 Å². The van der Waals surface area contributed by atoms with Crippen molar-refractivity contribution in [1.82, 2.24) is 5.32 Å². The molecule has 0 aromatic heterocycles. The number of benzene rings is 1. The second kappa shape index (κ2) is 4.88. The highest BCUT2D eigenvalue weighted by atomic mass is 15.1. The Balaban J connectivity index is 2.15. The van der Waals surface area contributed by atoms with E-state index in [-0.39, 0.29) is 0 Å². The average molecular weight is 218 g/mol. The molecule has 0 fully saturated rings. The monoisotopic (exact) mass is 218 g/mol. The summed E-state index contributed by atoms with van der Waals surface area (Å²) in [4.78, 5) is 2.40. The van der Waals surface area contributed by atoms with Gasteiger partial charge in [-0.2, -0.15) is 0 Å². The second-order valence-electron chi connectivity index (χ2n) is 4.83. The first-order valence-corrected chi connectivity index (χ1v) is 6.19. The molecular weight excluding hydrogens is 196 g/mol. The van der Waals surface area contributed by atoms with Crippen molar-refractivity contribution in [3.05, 3.63) is 29.3 Å². The lowest BCUT2D eigenvalue weighted by Gasteiger charge is -2.12. The predicted octanol–water partition coefficient (Wildman–Crippen LogP) is 2.53. The number of nitrogens with zero attached hydrogens (tertiary/aromatic N) is 1. The number of rotatable bonds is 4. The lowest BCUT2D eigenvalue weighted by Crippen LogP contribution is -2.16. The molecule has 88 valence electrons. The van der Waals surface area contributed by atoms with E-state index in [0.29, 0.717) is 0 Å². The Morgan fingerprint density at radius 3 is 3.00 bits per heavy atom. The molecule has 1 unspecified atom stereocenters. The summed E-state index contributed by atoms with van der Waals surface area (Å²) in [6.45, 7) is 4.55. The predicted molar refractivity (Wildman–Crippen MR) is 70.4 cm³/mol. The first-order valence-electron chi connectivity index (χ1n) is 6.19. The van der Waals surface area contributed by atoms with E-state index in [1.807, 2.05) is 7.05 Å². The zero-order chi connectivity index (χ0) is 11.5. The van der Waals surface area contributed by atoms with Gasteiger partial charge in [-0.25, -0.2) is 0 Å². The van der Waals surface area contributed by atoms with Crippen molar-refractivity contribution in [3.8, 4) is 0 Å². The summed E-state index contributed by atoms with van der Waals surface area (Å²) in [5.74, 6) is 0.731. The summed E-state index contributed by atoms with van der Waals surface area (Å²) >= 11 is 0. The molecule has 2 heteroatoms. The first-order chi connectivity index (χ1) is 7.74. The maximum absolute atomic E-state index is 3.23. The fourth-order valence-corrected chi connectivity index (χ4v) is 2.81. The van der Waals surface area contributed by atoms with Crippen LogP contribution in [0.1, 0.15) is 29.9 Å². The van der Waals surface area contributed by atoms with E-state index in [1.165, 1.54) is 30.6 Å². The van der Waals surface area contributed by atoms with Crippen molar-refractivity contribution in [2.75, 3.05) is 32.1 Å². The molecule has 0 saturated heterocycles. The van der Waals surface area contributed by atoms with Gasteiger partial charge < -0.3 is 10.2 Å². The van der Waals surface area contributed by atoms with Gasteiger partial charge >= 0.3 is 0 Å². The summed E-state index contributed by atoms with van der Waals surface area (Å²) in [7, 11) is 4.23. The molecule has 1 heterocycles. The fourth-order valence-electron chi connectivity index (χ4n) is 2.81. The van der Waals surface area contributed by atoms with E-state index in [0.717, 1.165) is 12.5 Å². The second-order valence-corrected chi connectivity index (χ2v) is 4.83. The number of nitrogens with one attached hydrogen (secondary N) is 1. The van der Waals surface area contributed by atoms with Gasteiger partial charge in [-0.1, -0.05) is 12.1 Å². The van der Waals surface area contributed by atoms with E-state index in [2.05, 4.69) is 42.4 Å². The Kier molecular flexibility index (Phi) is 3.49. The van der Waals surface area contributed by atoms with Crippen LogP contribution in [0.4, 0.5) is 5.69 Å². The van der Waals surface area contributed by atoms with Gasteiger partial charge in [0.15, 0.2) is 0 Å². The van der Waals surface area contributed by atoms with Crippen LogP contribution in [-0.2, 0) is 0 Å². The van der Waals surface area contributed by atoms with Crippen LogP contribution >= 0.6 is 0 Å². The minimum absolute atomic E-state index is 0.731. The van der Waals surface area contributed by atoms with Crippen molar-refractivity contribution in [1.29, 1.82) is 0 Å². The minimum Gasteiger partial charge on any atom is -0.374 e. The quantitative estimate of drug-likeness (QED) is 0.781. The highest BCUT2D eigenvalue weighted by Crippen LogP contribution is 2.39. The topological polar surface area (TPSA) is 15.3 Å². The molecule has 2 nitrogen and oxygen atoms in total. The third-order valence-corrected chi connectivity index (χ3v) is 3.59. The summed E-state index contributed by atoms with van der Waals surface area (Å²) in [6, 6.07) is 6.66. The largest absolute Gasteiger partial charge is 0.374 e. The van der Waals surface area contributed by atoms with Crippen LogP contribution in [0.15, 0.2) is 18.2 Å². The highest BCUT2D eigenvalue weighted by molar-refractivity contribution is 5.62. The van der Waals surface area contributed by atoms with E-state index in [9.17, 15) is 0 Å². The molecule has 1 aromatic rings. The smallest absolute Gasteiger partial charge is 0.0402 e. The third-order valence-electron chi connectivity index (χ3n) is 3.59. The molecule has 0 amide bonds. The molecule has 1 aromatic carbocycles. The first kappa shape index (κ1) is 11.5. The summed E-state index contributed by atoms with van der Waals surface area (Å²) in [5.41, 5.74) is 4.48. The van der Waals surface area contributed by atoms with Crippen LogP contribution in [0.3, 0.4) is 0 Å². The summed E-state index contributed by atoms with van der Waals surface area (Å²) < 4.78 is 0. The molecule has 0 radical (unpaired) electrons. The highest BCUT2D eigenvalue weighted by Gasteiger charge is 2.26. The Hall–Kier alpha value is -1.02. The molecule has 2 rings (SSSR count). The molecule has 1 aliphatic heterocycles. The van der Waals surface area contributed by atoms with Crippen LogP contribution in [0.5, 0.6) is 0 Å². The molecule has 0 aliphatic carbocycles. The normalized spacial score (nSPS) is 18.9. The average Bonchev–Trinajstić information content (AvgIpc) is 2.58. The van der Waals surface area contributed by atoms with Crippen molar-refractivity contribution >= 4 is 5.69 Å². The minimum atomic E-state index is 0.731. The standard InChI is InChI=1S/C14H22N2/c1-11-6-4-8-13-14(11)12(10-16(13)3)7-5-9-15-2/h4,6,8,12,15H,5,7,9-10H2,1-3H3. The lowest BCUT2D eigenvalue weighted by atomic mass is 9.93. The van der Waals surface area contributed by atoms with E-state index in [1.54, 1.807) is 5.56 Å². The molecule has 1 atom stereocenters. The number of fused-ring (bicyclic) bond motifs is 1. The van der Waals surface area contributed by atoms with Crippen LogP contribution in [-0.4, -0.2) is 27.2 Å². The molecule has 0 spiro atoms. The zero-order valence-electron chi connectivity index (χ0n) is 10.6. The van der Waals surface area contributed by atoms with Crippen LogP contribution in [0.2, 0.25) is 0 Å². The molecule has 0 bridgehead atoms.